The van der Waals surface area contributed by atoms with E-state index in [-0.39, 0.29) is 11.7 Å². The number of hydrogen-bond acceptors (Lipinski definition) is 3. The van der Waals surface area contributed by atoms with Gasteiger partial charge in [-0.1, -0.05) is 0 Å². The topological polar surface area (TPSA) is 67.2 Å². The molecule has 1 rings (SSSR count). The van der Waals surface area contributed by atoms with Crippen LogP contribution in [0.3, 0.4) is 0 Å². The Morgan fingerprint density at radius 2 is 2.00 bits per heavy atom. The van der Waals surface area contributed by atoms with Gasteiger partial charge in [0, 0.05) is 18.4 Å². The summed E-state index contributed by atoms with van der Waals surface area (Å²) in [5.41, 5.74) is 8.34. The van der Waals surface area contributed by atoms with Crippen LogP contribution < -0.4 is 16.4 Å². The van der Waals surface area contributed by atoms with E-state index in [0.29, 0.717) is 28.1 Å². The van der Waals surface area contributed by atoms with Gasteiger partial charge in [0.15, 0.2) is 0 Å². The van der Waals surface area contributed by atoms with E-state index in [1.165, 1.54) is 18.3 Å². The lowest BCUT2D eigenvalue weighted by Crippen LogP contribution is -2.20. The molecule has 0 bridgehead atoms. The van der Waals surface area contributed by atoms with Gasteiger partial charge in [-0.05, 0) is 56.3 Å². The molecule has 0 saturated heterocycles. The molecule has 0 aliphatic carbocycles. The molecule has 1 aromatic carbocycles. The Hall–Kier alpha value is -2.30. The van der Waals surface area contributed by atoms with Crippen molar-refractivity contribution < 1.29 is 9.18 Å². The Kier molecular flexibility index (Phi) is 5.32. The predicted molar refractivity (Wildman–Crippen MR) is 79.5 cm³/mol. The zero-order chi connectivity index (χ0) is 15.3. The summed E-state index contributed by atoms with van der Waals surface area (Å²) in [6.45, 7) is 5.19. The first-order valence-corrected chi connectivity index (χ1v) is 6.25. The van der Waals surface area contributed by atoms with E-state index in [9.17, 15) is 9.18 Å². The van der Waals surface area contributed by atoms with Crippen LogP contribution in [0.5, 0.6) is 0 Å². The molecule has 0 spiro atoms. The van der Waals surface area contributed by atoms with Gasteiger partial charge in [0.25, 0.3) is 5.91 Å². The van der Waals surface area contributed by atoms with Crippen LogP contribution in [0, 0.1) is 12.7 Å². The number of carbonyl (C=O) groups is 1. The summed E-state index contributed by atoms with van der Waals surface area (Å²) in [5.74, 6) is -0.592. The highest BCUT2D eigenvalue weighted by atomic mass is 19.1. The van der Waals surface area contributed by atoms with E-state index in [2.05, 4.69) is 10.6 Å². The number of anilines is 1. The molecule has 0 radical (unpaired) electrons. The third-order valence-electron chi connectivity index (χ3n) is 3.04. The average Bonchev–Trinajstić information content (AvgIpc) is 2.42. The number of carbonyl (C=O) groups excluding carboxylic acids is 1. The van der Waals surface area contributed by atoms with Gasteiger partial charge < -0.3 is 16.4 Å². The average molecular weight is 277 g/mol. The molecule has 0 aliphatic rings. The summed E-state index contributed by atoms with van der Waals surface area (Å²) < 4.78 is 13.2. The van der Waals surface area contributed by atoms with Gasteiger partial charge in [0.2, 0.25) is 0 Å². The maximum atomic E-state index is 13.2. The number of halogens is 1. The molecule has 0 unspecified atom stereocenters. The van der Waals surface area contributed by atoms with Gasteiger partial charge in [0.05, 0.1) is 5.57 Å². The Bertz CT molecular complexity index is 576. The molecular weight excluding hydrogens is 257 g/mol. The number of hydrogen-bond donors (Lipinski definition) is 3. The highest BCUT2D eigenvalue weighted by molar-refractivity contribution is 6.07. The minimum atomic E-state index is -0.303. The number of rotatable bonds is 4. The molecule has 0 aliphatic heterocycles. The van der Waals surface area contributed by atoms with Crippen molar-refractivity contribution in [1.82, 2.24) is 5.32 Å². The molecule has 20 heavy (non-hydrogen) atoms. The van der Waals surface area contributed by atoms with E-state index in [0.717, 1.165) is 0 Å². The van der Waals surface area contributed by atoms with Gasteiger partial charge >= 0.3 is 0 Å². The molecule has 0 atom stereocenters. The number of allylic oxidation sites excluding steroid dienone is 1. The first-order chi connectivity index (χ1) is 9.40. The molecule has 5 heteroatoms. The second kappa shape index (κ2) is 6.75. The van der Waals surface area contributed by atoms with Crippen molar-refractivity contribution in [3.05, 3.63) is 52.6 Å². The highest BCUT2D eigenvalue weighted by Crippen LogP contribution is 2.18. The van der Waals surface area contributed by atoms with Crippen LogP contribution in [0.25, 0.3) is 0 Å². The van der Waals surface area contributed by atoms with Crippen molar-refractivity contribution in [3.63, 3.8) is 0 Å². The standard InChI is InChI=1S/C15H20FN3O/c1-9-7-12(5-6-13(9)16)19-15(20)14(10(2)8-17)11(3)18-4/h5-8,18H,17H2,1-4H3,(H,19,20)/b10-8+,14-11+. The second-order valence-corrected chi connectivity index (χ2v) is 4.52. The summed E-state index contributed by atoms with van der Waals surface area (Å²) in [6.07, 6.45) is 1.38. The quantitative estimate of drug-likeness (QED) is 0.585. The monoisotopic (exact) mass is 277 g/mol. The van der Waals surface area contributed by atoms with Crippen molar-refractivity contribution in [2.24, 2.45) is 5.73 Å². The van der Waals surface area contributed by atoms with Crippen molar-refractivity contribution >= 4 is 11.6 Å². The summed E-state index contributed by atoms with van der Waals surface area (Å²) in [6, 6.07) is 4.43. The first-order valence-electron chi connectivity index (χ1n) is 6.25. The normalized spacial score (nSPS) is 12.8. The molecular formula is C15H20FN3O. The molecule has 108 valence electrons. The van der Waals surface area contributed by atoms with Gasteiger partial charge in [-0.25, -0.2) is 4.39 Å². The second-order valence-electron chi connectivity index (χ2n) is 4.52. The van der Waals surface area contributed by atoms with Crippen LogP contribution >= 0.6 is 0 Å². The van der Waals surface area contributed by atoms with Crippen LogP contribution in [0.4, 0.5) is 10.1 Å². The van der Waals surface area contributed by atoms with Crippen LogP contribution in [0.1, 0.15) is 19.4 Å². The number of amides is 1. The Balaban J connectivity index is 3.06. The lowest BCUT2D eigenvalue weighted by Gasteiger charge is -2.13. The van der Waals surface area contributed by atoms with Crippen LogP contribution in [0.15, 0.2) is 41.2 Å². The molecule has 0 fully saturated rings. The lowest BCUT2D eigenvalue weighted by atomic mass is 10.1. The van der Waals surface area contributed by atoms with Crippen LogP contribution in [-0.2, 0) is 4.79 Å². The number of nitrogens with one attached hydrogen (secondary N) is 2. The molecule has 0 aromatic heterocycles. The summed E-state index contributed by atoms with van der Waals surface area (Å²) >= 11 is 0. The van der Waals surface area contributed by atoms with Gasteiger partial charge in [-0.3, -0.25) is 4.79 Å². The van der Waals surface area contributed by atoms with Gasteiger partial charge in [-0.15, -0.1) is 0 Å². The lowest BCUT2D eigenvalue weighted by molar-refractivity contribution is -0.112. The van der Waals surface area contributed by atoms with E-state index in [1.807, 2.05) is 0 Å². The first kappa shape index (κ1) is 15.8. The summed E-state index contributed by atoms with van der Waals surface area (Å²) in [7, 11) is 1.73. The highest BCUT2D eigenvalue weighted by Gasteiger charge is 2.15. The number of nitrogens with two attached hydrogens (primary N) is 1. The number of aryl methyl sites for hydroxylation is 1. The summed E-state index contributed by atoms with van der Waals surface area (Å²) in [4.78, 5) is 12.3. The van der Waals surface area contributed by atoms with Crippen molar-refractivity contribution in [3.8, 4) is 0 Å². The van der Waals surface area contributed by atoms with Crippen LogP contribution in [0.2, 0.25) is 0 Å². The fourth-order valence-corrected chi connectivity index (χ4v) is 1.77. The summed E-state index contributed by atoms with van der Waals surface area (Å²) in [5, 5.41) is 5.67. The minimum Gasteiger partial charge on any atom is -0.404 e. The van der Waals surface area contributed by atoms with E-state index in [1.54, 1.807) is 33.9 Å². The van der Waals surface area contributed by atoms with Crippen LogP contribution in [-0.4, -0.2) is 13.0 Å². The smallest absolute Gasteiger partial charge is 0.257 e. The zero-order valence-electron chi connectivity index (χ0n) is 12.2. The van der Waals surface area contributed by atoms with Crippen molar-refractivity contribution in [2.45, 2.75) is 20.8 Å². The van der Waals surface area contributed by atoms with E-state index in [4.69, 9.17) is 5.73 Å². The fourth-order valence-electron chi connectivity index (χ4n) is 1.77. The maximum Gasteiger partial charge on any atom is 0.257 e. The van der Waals surface area contributed by atoms with E-state index < -0.39 is 0 Å². The van der Waals surface area contributed by atoms with Gasteiger partial charge in [-0.2, -0.15) is 0 Å². The Morgan fingerprint density at radius 3 is 2.50 bits per heavy atom. The Labute approximate surface area is 118 Å². The SMILES string of the molecule is CN/C(C)=C(C(=O)Nc1ccc(F)c(C)c1)\C(C)=C\N. The molecule has 4 N–H and O–H groups in total. The van der Waals surface area contributed by atoms with E-state index >= 15 is 0 Å². The zero-order valence-corrected chi connectivity index (χ0v) is 12.2. The molecule has 0 heterocycles. The third kappa shape index (κ3) is 3.60. The Morgan fingerprint density at radius 1 is 1.35 bits per heavy atom. The maximum absolute atomic E-state index is 13.2. The fraction of sp³-hybridized carbons (Fsp3) is 0.267. The largest absolute Gasteiger partial charge is 0.404 e. The van der Waals surface area contributed by atoms with Gasteiger partial charge in [0.1, 0.15) is 5.82 Å². The van der Waals surface area contributed by atoms with Crippen molar-refractivity contribution in [2.75, 3.05) is 12.4 Å². The number of benzene rings is 1. The predicted octanol–water partition coefficient (Wildman–Crippen LogP) is 2.43. The van der Waals surface area contributed by atoms with Crippen molar-refractivity contribution in [1.29, 1.82) is 0 Å². The minimum absolute atomic E-state index is 0.290. The molecule has 0 saturated carbocycles. The molecule has 1 amide bonds. The third-order valence-corrected chi connectivity index (χ3v) is 3.04. The molecule has 4 nitrogen and oxygen atoms in total. The molecule has 1 aromatic rings.